The van der Waals surface area contributed by atoms with Gasteiger partial charge in [0, 0.05) is 23.7 Å². The highest BCUT2D eigenvalue weighted by Gasteiger charge is 2.15. The summed E-state index contributed by atoms with van der Waals surface area (Å²) >= 11 is 6.50. The van der Waals surface area contributed by atoms with E-state index < -0.39 is 0 Å². The fourth-order valence-corrected chi connectivity index (χ4v) is 2.85. The SMILES string of the molecule is COC(=O)CCCC(=O)c1ccc(C(=O)CC/C=C(Br)/C=C\Br)o1. The molecule has 0 unspecified atom stereocenters. The number of esters is 1. The first kappa shape index (κ1) is 20.6. The molecule has 0 N–H and O–H groups in total. The molecule has 24 heavy (non-hydrogen) atoms. The van der Waals surface area contributed by atoms with Gasteiger partial charge in [-0.05, 0) is 36.0 Å². The molecule has 7 heteroatoms. The zero-order chi connectivity index (χ0) is 17.9. The van der Waals surface area contributed by atoms with Crippen molar-refractivity contribution in [1.29, 1.82) is 0 Å². The van der Waals surface area contributed by atoms with Crippen molar-refractivity contribution in [2.24, 2.45) is 0 Å². The average molecular weight is 462 g/mol. The van der Waals surface area contributed by atoms with Gasteiger partial charge in [-0.25, -0.2) is 0 Å². The number of ketones is 2. The van der Waals surface area contributed by atoms with Crippen LogP contribution in [0.3, 0.4) is 0 Å². The van der Waals surface area contributed by atoms with E-state index in [1.165, 1.54) is 19.2 Å². The zero-order valence-corrected chi connectivity index (χ0v) is 16.4. The molecule has 1 heterocycles. The van der Waals surface area contributed by atoms with E-state index in [4.69, 9.17) is 4.42 Å². The molecule has 0 atom stereocenters. The Morgan fingerprint density at radius 2 is 1.75 bits per heavy atom. The number of Topliss-reactive ketones (excluding diaryl/α,β-unsaturated/α-hetero) is 2. The molecule has 130 valence electrons. The van der Waals surface area contributed by atoms with E-state index in [-0.39, 0.29) is 48.3 Å². The van der Waals surface area contributed by atoms with E-state index in [1.807, 2.05) is 12.2 Å². The van der Waals surface area contributed by atoms with Gasteiger partial charge in [-0.1, -0.05) is 37.9 Å². The second kappa shape index (κ2) is 11.1. The molecule has 1 aromatic heterocycles. The van der Waals surface area contributed by atoms with Crippen molar-refractivity contribution in [3.63, 3.8) is 0 Å². The second-order valence-corrected chi connectivity index (χ2v) is 6.30. The van der Waals surface area contributed by atoms with Gasteiger partial charge in [0.2, 0.25) is 0 Å². The number of carbonyl (C=O) groups is 3. The lowest BCUT2D eigenvalue weighted by molar-refractivity contribution is -0.140. The van der Waals surface area contributed by atoms with Crippen LogP contribution in [0.5, 0.6) is 0 Å². The van der Waals surface area contributed by atoms with Crippen LogP contribution in [0.15, 0.2) is 38.2 Å². The van der Waals surface area contributed by atoms with Crippen LogP contribution >= 0.6 is 31.9 Å². The van der Waals surface area contributed by atoms with Crippen LogP contribution < -0.4 is 0 Å². The number of methoxy groups -OCH3 is 1. The molecular formula is C17H18Br2O5. The molecule has 0 saturated heterocycles. The summed E-state index contributed by atoms with van der Waals surface area (Å²) in [6.07, 6.45) is 5.26. The molecular weight excluding hydrogens is 444 g/mol. The quantitative estimate of drug-likeness (QED) is 0.280. The van der Waals surface area contributed by atoms with Crippen LogP contribution in [-0.4, -0.2) is 24.6 Å². The summed E-state index contributed by atoms with van der Waals surface area (Å²) in [4.78, 5) is 36.7. The Hall–Kier alpha value is -1.47. The van der Waals surface area contributed by atoms with Gasteiger partial charge in [-0.3, -0.25) is 14.4 Å². The third-order valence-corrected chi connectivity index (χ3v) is 3.95. The Morgan fingerprint density at radius 1 is 1.12 bits per heavy atom. The maximum atomic E-state index is 12.0. The molecule has 0 aliphatic rings. The predicted octanol–water partition coefficient (Wildman–Crippen LogP) is 4.96. The van der Waals surface area contributed by atoms with Gasteiger partial charge in [0.05, 0.1) is 7.11 Å². The van der Waals surface area contributed by atoms with E-state index in [1.54, 1.807) is 4.99 Å². The summed E-state index contributed by atoms with van der Waals surface area (Å²) < 4.78 is 10.7. The molecule has 0 radical (unpaired) electrons. The second-order valence-electron chi connectivity index (χ2n) is 4.86. The zero-order valence-electron chi connectivity index (χ0n) is 13.2. The van der Waals surface area contributed by atoms with Gasteiger partial charge in [-0.2, -0.15) is 0 Å². The van der Waals surface area contributed by atoms with Crippen LogP contribution in [0.25, 0.3) is 0 Å². The van der Waals surface area contributed by atoms with E-state index in [0.29, 0.717) is 12.8 Å². The lowest BCUT2D eigenvalue weighted by Crippen LogP contribution is -2.03. The smallest absolute Gasteiger partial charge is 0.305 e. The maximum Gasteiger partial charge on any atom is 0.305 e. The normalized spacial score (nSPS) is 11.7. The first-order valence-corrected chi connectivity index (χ1v) is 9.04. The first-order valence-electron chi connectivity index (χ1n) is 7.33. The molecule has 0 bridgehead atoms. The Labute approximate surface area is 157 Å². The number of allylic oxidation sites excluding steroid dienone is 3. The van der Waals surface area contributed by atoms with Crippen molar-refractivity contribution >= 4 is 49.4 Å². The summed E-state index contributed by atoms with van der Waals surface area (Å²) in [5, 5.41) is 0. The number of halogens is 2. The van der Waals surface area contributed by atoms with Gasteiger partial charge in [0.25, 0.3) is 0 Å². The first-order chi connectivity index (χ1) is 11.5. The minimum atomic E-state index is -0.355. The van der Waals surface area contributed by atoms with Gasteiger partial charge in [0.15, 0.2) is 23.1 Å². The van der Waals surface area contributed by atoms with Gasteiger partial charge < -0.3 is 9.15 Å². The maximum absolute atomic E-state index is 12.0. The van der Waals surface area contributed by atoms with Crippen molar-refractivity contribution in [3.8, 4) is 0 Å². The van der Waals surface area contributed by atoms with Crippen molar-refractivity contribution < 1.29 is 23.5 Å². The molecule has 0 saturated carbocycles. The van der Waals surface area contributed by atoms with Gasteiger partial charge in [-0.15, -0.1) is 0 Å². The molecule has 0 spiro atoms. The van der Waals surface area contributed by atoms with Crippen LogP contribution in [0, 0.1) is 0 Å². The number of ether oxygens (including phenoxy) is 1. The van der Waals surface area contributed by atoms with Crippen LogP contribution in [0.2, 0.25) is 0 Å². The van der Waals surface area contributed by atoms with Crippen molar-refractivity contribution in [1.82, 2.24) is 0 Å². The Balaban J connectivity index is 2.49. The number of hydrogen-bond donors (Lipinski definition) is 0. The standard InChI is InChI=1S/C17H18Br2O5/c1-23-17(22)7-3-6-14(21)16-9-8-15(24-16)13(20)5-2-4-12(19)10-11-18/h4,8-11H,2-3,5-7H2,1H3/b11-10-,12-4-. The molecule has 0 aromatic carbocycles. The minimum absolute atomic E-state index is 0.141. The topological polar surface area (TPSA) is 73.6 Å². The van der Waals surface area contributed by atoms with Crippen LogP contribution in [0.1, 0.15) is 53.2 Å². The van der Waals surface area contributed by atoms with Crippen molar-refractivity contribution in [2.45, 2.75) is 32.1 Å². The van der Waals surface area contributed by atoms with E-state index >= 15 is 0 Å². The monoisotopic (exact) mass is 460 g/mol. The molecule has 5 nitrogen and oxygen atoms in total. The van der Waals surface area contributed by atoms with Crippen molar-refractivity contribution in [2.75, 3.05) is 7.11 Å². The lowest BCUT2D eigenvalue weighted by atomic mass is 10.1. The van der Waals surface area contributed by atoms with Gasteiger partial charge >= 0.3 is 5.97 Å². The van der Waals surface area contributed by atoms with Crippen molar-refractivity contribution in [3.05, 3.63) is 45.3 Å². The molecule has 0 amide bonds. The fraction of sp³-hybridized carbons (Fsp3) is 0.353. The summed E-state index contributed by atoms with van der Waals surface area (Å²) in [6.45, 7) is 0. The Morgan fingerprint density at radius 3 is 2.33 bits per heavy atom. The lowest BCUT2D eigenvalue weighted by Gasteiger charge is -1.98. The molecule has 0 aliphatic carbocycles. The highest BCUT2D eigenvalue weighted by atomic mass is 79.9. The number of furan rings is 1. The molecule has 0 fully saturated rings. The highest BCUT2D eigenvalue weighted by molar-refractivity contribution is 9.12. The van der Waals surface area contributed by atoms with Crippen LogP contribution in [0.4, 0.5) is 0 Å². The Bertz CT molecular complexity index is 643. The number of hydrogen-bond acceptors (Lipinski definition) is 5. The largest absolute Gasteiger partial charge is 0.469 e. The summed E-state index contributed by atoms with van der Waals surface area (Å²) in [6, 6.07) is 3.00. The molecule has 1 aromatic rings. The fourth-order valence-electron chi connectivity index (χ4n) is 1.85. The number of rotatable bonds is 10. The third-order valence-electron chi connectivity index (χ3n) is 3.10. The van der Waals surface area contributed by atoms with Crippen LogP contribution in [-0.2, 0) is 9.53 Å². The minimum Gasteiger partial charge on any atom is -0.469 e. The summed E-state index contributed by atoms with van der Waals surface area (Å²) in [5.74, 6) is -0.438. The van der Waals surface area contributed by atoms with E-state index in [0.717, 1.165) is 4.48 Å². The molecule has 0 aliphatic heterocycles. The average Bonchev–Trinajstić information content (AvgIpc) is 3.04. The highest BCUT2D eigenvalue weighted by Crippen LogP contribution is 2.16. The van der Waals surface area contributed by atoms with E-state index in [9.17, 15) is 14.4 Å². The Kier molecular flexibility index (Phi) is 9.56. The summed E-state index contributed by atoms with van der Waals surface area (Å²) in [5.41, 5.74) is 0. The molecule has 1 rings (SSSR count). The third kappa shape index (κ3) is 7.40. The predicted molar refractivity (Wildman–Crippen MR) is 97.5 cm³/mol. The van der Waals surface area contributed by atoms with Gasteiger partial charge in [0.1, 0.15) is 0 Å². The summed E-state index contributed by atoms with van der Waals surface area (Å²) in [7, 11) is 1.30. The number of carbonyl (C=O) groups excluding carboxylic acids is 3. The van der Waals surface area contributed by atoms with E-state index in [2.05, 4.69) is 36.6 Å².